The molecule has 290 valence electrons. The van der Waals surface area contributed by atoms with Gasteiger partial charge in [0.1, 0.15) is 34.8 Å². The number of nitrogens with zero attached hydrogens (tertiary/aromatic N) is 4. The molecule has 53 heavy (non-hydrogen) atoms. The predicted molar refractivity (Wildman–Crippen MR) is 211 cm³/mol. The number of para-hydroxylation sites is 2. The van der Waals surface area contributed by atoms with E-state index in [2.05, 4.69) is 49.6 Å². The van der Waals surface area contributed by atoms with E-state index in [-0.39, 0.29) is 46.5 Å². The number of rotatable bonds is 20. The summed E-state index contributed by atoms with van der Waals surface area (Å²) in [7, 11) is -12.1. The van der Waals surface area contributed by atoms with E-state index in [1.54, 1.807) is 52.0 Å². The Morgan fingerprint density at radius 3 is 1.30 bits per heavy atom. The first kappa shape index (κ1) is 42.1. The smallest absolute Gasteiger partial charge is 0.527 e. The fourth-order valence-corrected chi connectivity index (χ4v) is 9.21. The lowest BCUT2D eigenvalue weighted by atomic mass is 10.3. The molecule has 0 aliphatic carbocycles. The molecule has 2 aromatic carbocycles. The molecular weight excluding hydrogens is 756 g/mol. The molecule has 0 N–H and O–H groups in total. The zero-order chi connectivity index (χ0) is 39.2. The molecule has 2 heterocycles. The van der Waals surface area contributed by atoms with E-state index < -0.39 is 43.9 Å². The summed E-state index contributed by atoms with van der Waals surface area (Å²) in [6.45, 7) is 20.3. The summed E-state index contributed by atoms with van der Waals surface area (Å²) in [4.78, 5) is -0.353. The molecule has 0 saturated carbocycles. The fourth-order valence-electron chi connectivity index (χ4n) is 4.76. The molecule has 0 aliphatic heterocycles. The van der Waals surface area contributed by atoms with Crippen molar-refractivity contribution < 1.29 is 44.7 Å². The van der Waals surface area contributed by atoms with Gasteiger partial charge in [0.05, 0.1) is 11.4 Å². The molecule has 0 aliphatic rings. The molecule has 2 aromatic heterocycles. The minimum absolute atomic E-state index is 0.0287. The van der Waals surface area contributed by atoms with Crippen molar-refractivity contribution in [3.05, 3.63) is 71.0 Å². The van der Waals surface area contributed by atoms with Crippen molar-refractivity contribution in [2.24, 2.45) is 0 Å². The SMILES string of the molecule is Cc1noc(N(COCC[Si](C)(C)C)S(=O)(=O)c2ccccc2OBOc2ccccc2S(=O)(=O)N(COCC[Si](C)(C)C)c2onc(C)c2C)c1C. The highest BCUT2D eigenvalue weighted by Gasteiger charge is 2.35. The van der Waals surface area contributed by atoms with Crippen LogP contribution >= 0.6 is 0 Å². The maximum Gasteiger partial charge on any atom is 0.576 e. The molecule has 14 nitrogen and oxygen atoms in total. The summed E-state index contributed by atoms with van der Waals surface area (Å²) in [5.74, 6) is 0.0109. The third-order valence-corrected chi connectivity index (χ3v) is 15.3. The average molecular weight is 807 g/mol. The molecule has 0 radical (unpaired) electrons. The van der Waals surface area contributed by atoms with Crippen LogP contribution in [-0.4, -0.2) is 77.7 Å². The maximum absolute atomic E-state index is 14.3. The summed E-state index contributed by atoms with van der Waals surface area (Å²) in [6, 6.07) is 13.8. The third kappa shape index (κ3) is 10.8. The molecule has 0 atom stereocenters. The number of ether oxygens (including phenoxy) is 2. The lowest BCUT2D eigenvalue weighted by Crippen LogP contribution is -2.35. The van der Waals surface area contributed by atoms with Crippen LogP contribution in [0.3, 0.4) is 0 Å². The number of anilines is 2. The van der Waals surface area contributed by atoms with E-state index in [1.807, 2.05) is 0 Å². The highest BCUT2D eigenvalue weighted by atomic mass is 32.2. The molecule has 0 bridgehead atoms. The van der Waals surface area contributed by atoms with E-state index in [9.17, 15) is 16.8 Å². The van der Waals surface area contributed by atoms with Crippen LogP contribution in [0.5, 0.6) is 11.5 Å². The van der Waals surface area contributed by atoms with Crippen molar-refractivity contribution in [2.75, 3.05) is 35.3 Å². The standard InChI is InChI=1S/C34H51BN4O10S2Si2/c1-25-27(3)36-48-33(25)38(23-44-19-21-52(5,6)7)50(40,41)31-17-13-11-15-29(31)46-35-47-30-16-12-14-18-32(30)51(42,43)39(24-45-20-22-53(8,9)10)34-26(2)28(4)37-49-34/h11-18,35H,19-24H2,1-10H3. The van der Waals surface area contributed by atoms with Crippen LogP contribution in [0.25, 0.3) is 0 Å². The van der Waals surface area contributed by atoms with Crippen LogP contribution in [0.2, 0.25) is 51.4 Å². The van der Waals surface area contributed by atoms with Gasteiger partial charge < -0.3 is 27.8 Å². The zero-order valence-corrected chi connectivity index (χ0v) is 35.9. The van der Waals surface area contributed by atoms with Crippen molar-refractivity contribution in [3.8, 4) is 11.5 Å². The van der Waals surface area contributed by atoms with E-state index in [4.69, 9.17) is 27.8 Å². The van der Waals surface area contributed by atoms with Crippen LogP contribution in [0.15, 0.2) is 67.4 Å². The molecule has 4 aromatic rings. The Kier molecular flexibility index (Phi) is 13.7. The normalized spacial score (nSPS) is 12.5. The topological polar surface area (TPSA) is 164 Å². The van der Waals surface area contributed by atoms with Gasteiger partial charge in [0, 0.05) is 40.5 Å². The summed E-state index contributed by atoms with van der Waals surface area (Å²) in [5.41, 5.74) is 2.18. The van der Waals surface area contributed by atoms with Crippen molar-refractivity contribution in [1.29, 1.82) is 0 Å². The summed E-state index contributed by atoms with van der Waals surface area (Å²) < 4.78 is 93.6. The monoisotopic (exact) mass is 806 g/mol. The Balaban J connectivity index is 1.59. The molecular formula is C34H51BN4O10S2Si2. The van der Waals surface area contributed by atoms with E-state index in [0.29, 0.717) is 35.7 Å². The van der Waals surface area contributed by atoms with Crippen molar-refractivity contribution in [1.82, 2.24) is 10.3 Å². The first-order valence-electron chi connectivity index (χ1n) is 17.2. The van der Waals surface area contributed by atoms with Gasteiger partial charge in [-0.25, -0.2) is 25.4 Å². The summed E-state index contributed by atoms with van der Waals surface area (Å²) in [6.07, 6.45) is 0. The minimum atomic E-state index is -4.33. The molecule has 0 spiro atoms. The van der Waals surface area contributed by atoms with Gasteiger partial charge in [-0.3, -0.25) is 0 Å². The Morgan fingerprint density at radius 1 is 0.623 bits per heavy atom. The largest absolute Gasteiger partial charge is 0.576 e. The lowest BCUT2D eigenvalue weighted by Gasteiger charge is -2.24. The fraction of sp³-hybridized carbons (Fsp3) is 0.471. The molecule has 0 fully saturated rings. The average Bonchev–Trinajstić information content (AvgIpc) is 3.58. The van der Waals surface area contributed by atoms with Crippen LogP contribution in [0.4, 0.5) is 11.8 Å². The Labute approximate surface area is 316 Å². The number of aryl methyl sites for hydroxylation is 2. The van der Waals surface area contributed by atoms with Gasteiger partial charge in [0.15, 0.2) is 0 Å². The number of benzene rings is 2. The van der Waals surface area contributed by atoms with Gasteiger partial charge in [-0.1, -0.05) is 73.9 Å². The number of hydrogen-bond acceptors (Lipinski definition) is 12. The van der Waals surface area contributed by atoms with Gasteiger partial charge in [-0.15, -0.1) is 0 Å². The molecule has 0 saturated heterocycles. The summed E-state index contributed by atoms with van der Waals surface area (Å²) >= 11 is 0. The second kappa shape index (κ2) is 17.2. The van der Waals surface area contributed by atoms with Crippen molar-refractivity contribution >= 4 is 55.6 Å². The number of aromatic nitrogens is 2. The first-order chi connectivity index (χ1) is 24.7. The lowest BCUT2D eigenvalue weighted by molar-refractivity contribution is 0.153. The molecule has 0 amide bonds. The van der Waals surface area contributed by atoms with Gasteiger partial charge in [-0.2, -0.15) is 0 Å². The van der Waals surface area contributed by atoms with Gasteiger partial charge in [0.25, 0.3) is 20.0 Å². The van der Waals surface area contributed by atoms with Gasteiger partial charge in [0.2, 0.25) is 11.8 Å². The second-order valence-electron chi connectivity index (χ2n) is 15.1. The summed E-state index contributed by atoms with van der Waals surface area (Å²) in [5, 5.41) is 7.93. The minimum Gasteiger partial charge on any atom is -0.527 e. The Bertz CT molecular complexity index is 1920. The second-order valence-corrected chi connectivity index (χ2v) is 30.0. The molecule has 4 rings (SSSR count). The van der Waals surface area contributed by atoms with Crippen LogP contribution in [-0.2, 0) is 29.5 Å². The number of hydrogen-bond donors (Lipinski definition) is 0. The quantitative estimate of drug-likeness (QED) is 0.0533. The highest BCUT2D eigenvalue weighted by molar-refractivity contribution is 7.93. The van der Waals surface area contributed by atoms with Gasteiger partial charge >= 0.3 is 7.69 Å². The van der Waals surface area contributed by atoms with Crippen LogP contribution < -0.4 is 17.9 Å². The molecule has 0 unspecified atom stereocenters. The molecule has 19 heteroatoms. The van der Waals surface area contributed by atoms with E-state index >= 15 is 0 Å². The van der Waals surface area contributed by atoms with Crippen LogP contribution in [0.1, 0.15) is 22.5 Å². The van der Waals surface area contributed by atoms with Crippen LogP contribution in [0, 0.1) is 27.7 Å². The maximum atomic E-state index is 14.3. The first-order valence-corrected chi connectivity index (χ1v) is 27.5. The van der Waals surface area contributed by atoms with Crippen molar-refractivity contribution in [2.45, 2.75) is 88.9 Å². The highest BCUT2D eigenvalue weighted by Crippen LogP contribution is 2.35. The Morgan fingerprint density at radius 2 is 0.981 bits per heavy atom. The Hall–Kier alpha value is -3.62. The van der Waals surface area contributed by atoms with E-state index in [1.165, 1.54) is 24.3 Å². The van der Waals surface area contributed by atoms with Gasteiger partial charge in [-0.05, 0) is 64.0 Å². The predicted octanol–water partition coefficient (Wildman–Crippen LogP) is 6.64. The van der Waals surface area contributed by atoms with Crippen molar-refractivity contribution in [3.63, 3.8) is 0 Å². The zero-order valence-electron chi connectivity index (χ0n) is 32.3. The third-order valence-electron chi connectivity index (χ3n) is 8.39. The van der Waals surface area contributed by atoms with E-state index in [0.717, 1.165) is 20.7 Å². The number of sulfonamides is 2.